The second-order valence-corrected chi connectivity index (χ2v) is 6.95. The molecule has 1 heterocycles. The lowest BCUT2D eigenvalue weighted by molar-refractivity contribution is 0.475. The number of phenols is 1. The Morgan fingerprint density at radius 2 is 1.73 bits per heavy atom. The third-order valence-electron chi connectivity index (χ3n) is 4.71. The Balaban J connectivity index is 1.74. The van der Waals surface area contributed by atoms with Gasteiger partial charge in [-0.15, -0.1) is 0 Å². The minimum absolute atomic E-state index is 0.252. The fraction of sp³-hybridized carbons (Fsp3) is 0.136. The summed E-state index contributed by atoms with van der Waals surface area (Å²) in [7, 11) is 0. The van der Waals surface area contributed by atoms with Crippen LogP contribution in [-0.2, 0) is 6.54 Å². The number of aryl methyl sites for hydroxylation is 2. The highest BCUT2D eigenvalue weighted by Gasteiger charge is 2.13. The van der Waals surface area contributed by atoms with Gasteiger partial charge in [0.25, 0.3) is 0 Å². The number of hydrogen-bond acceptors (Lipinski definition) is 2. The van der Waals surface area contributed by atoms with E-state index in [0.717, 1.165) is 44.1 Å². The van der Waals surface area contributed by atoms with Crippen LogP contribution in [0.4, 0.5) is 0 Å². The molecule has 0 aliphatic rings. The molecule has 4 heteroatoms. The van der Waals surface area contributed by atoms with E-state index in [1.165, 1.54) is 0 Å². The molecule has 0 bridgehead atoms. The van der Waals surface area contributed by atoms with Gasteiger partial charge in [-0.05, 0) is 48.2 Å². The first-order valence-electron chi connectivity index (χ1n) is 8.53. The second kappa shape index (κ2) is 6.50. The van der Waals surface area contributed by atoms with Gasteiger partial charge < -0.3 is 9.67 Å². The van der Waals surface area contributed by atoms with Crippen molar-refractivity contribution in [3.05, 3.63) is 82.6 Å². The molecule has 0 saturated carbocycles. The second-order valence-electron chi connectivity index (χ2n) is 6.55. The minimum atomic E-state index is 0.252. The molecule has 0 saturated heterocycles. The van der Waals surface area contributed by atoms with Crippen molar-refractivity contribution in [3.63, 3.8) is 0 Å². The zero-order chi connectivity index (χ0) is 18.3. The molecule has 4 aromatic rings. The molecule has 0 atom stereocenters. The summed E-state index contributed by atoms with van der Waals surface area (Å²) < 4.78 is 2.09. The molecule has 0 fully saturated rings. The van der Waals surface area contributed by atoms with Crippen molar-refractivity contribution >= 4 is 22.6 Å². The Kier molecular flexibility index (Phi) is 4.17. The summed E-state index contributed by atoms with van der Waals surface area (Å²) in [4.78, 5) is 4.65. The summed E-state index contributed by atoms with van der Waals surface area (Å²) in [6.07, 6.45) is 0. The number of hydrogen-bond donors (Lipinski definition) is 1. The monoisotopic (exact) mass is 362 g/mol. The molecule has 0 spiro atoms. The van der Waals surface area contributed by atoms with Crippen LogP contribution in [0.25, 0.3) is 22.2 Å². The average molecular weight is 363 g/mol. The van der Waals surface area contributed by atoms with Crippen LogP contribution < -0.4 is 0 Å². The van der Waals surface area contributed by atoms with Crippen LogP contribution >= 0.6 is 11.6 Å². The number of halogens is 1. The Morgan fingerprint density at radius 1 is 0.962 bits per heavy atom. The van der Waals surface area contributed by atoms with Gasteiger partial charge >= 0.3 is 0 Å². The predicted octanol–water partition coefficient (Wildman–Crippen LogP) is 5.73. The fourth-order valence-electron chi connectivity index (χ4n) is 3.35. The highest BCUT2D eigenvalue weighted by Crippen LogP contribution is 2.29. The number of phenolic OH excluding ortho intramolecular Hbond substituents is 1. The van der Waals surface area contributed by atoms with Gasteiger partial charge in [-0.1, -0.05) is 54.1 Å². The van der Waals surface area contributed by atoms with Gasteiger partial charge in [-0.2, -0.15) is 0 Å². The molecule has 3 aromatic carbocycles. The molecule has 0 unspecified atom stereocenters. The first kappa shape index (κ1) is 16.7. The smallest absolute Gasteiger partial charge is 0.118 e. The molecule has 26 heavy (non-hydrogen) atoms. The van der Waals surface area contributed by atoms with Gasteiger partial charge in [-0.3, -0.25) is 0 Å². The maximum absolute atomic E-state index is 9.96. The zero-order valence-corrected chi connectivity index (χ0v) is 15.5. The SMILES string of the molecule is Cc1cc(O)cc2c1nc(C)n2Cc1ccc(-c2ccccc2)cc1Cl. The number of aromatic nitrogens is 2. The maximum Gasteiger partial charge on any atom is 0.118 e. The van der Waals surface area contributed by atoms with Gasteiger partial charge in [0.1, 0.15) is 11.6 Å². The molecule has 4 rings (SSSR count). The first-order valence-corrected chi connectivity index (χ1v) is 8.91. The normalized spacial score (nSPS) is 11.2. The number of nitrogens with zero attached hydrogens (tertiary/aromatic N) is 2. The molecule has 0 aliphatic carbocycles. The van der Waals surface area contributed by atoms with Crippen LogP contribution in [0.5, 0.6) is 5.75 Å². The van der Waals surface area contributed by atoms with Crippen molar-refractivity contribution < 1.29 is 5.11 Å². The van der Waals surface area contributed by atoms with Crippen LogP contribution in [0.15, 0.2) is 60.7 Å². The molecule has 0 aliphatic heterocycles. The molecular formula is C22H19ClN2O. The molecule has 1 N–H and O–H groups in total. The van der Waals surface area contributed by atoms with Crippen molar-refractivity contribution in [2.45, 2.75) is 20.4 Å². The van der Waals surface area contributed by atoms with E-state index in [1.807, 2.05) is 38.1 Å². The van der Waals surface area contributed by atoms with Crippen LogP contribution in [0.2, 0.25) is 5.02 Å². The summed E-state index contributed by atoms with van der Waals surface area (Å²) in [5, 5.41) is 10.7. The predicted molar refractivity (Wildman–Crippen MR) is 107 cm³/mol. The van der Waals surface area contributed by atoms with Crippen molar-refractivity contribution in [1.82, 2.24) is 9.55 Å². The molecule has 3 nitrogen and oxygen atoms in total. The molecule has 0 radical (unpaired) electrons. The summed E-state index contributed by atoms with van der Waals surface area (Å²) in [5.41, 5.74) is 6.06. The van der Waals surface area contributed by atoms with Gasteiger partial charge in [0.05, 0.1) is 17.6 Å². The van der Waals surface area contributed by atoms with Gasteiger partial charge in [0.15, 0.2) is 0 Å². The number of imidazole rings is 1. The molecule has 1 aromatic heterocycles. The van der Waals surface area contributed by atoms with Crippen molar-refractivity contribution in [2.75, 3.05) is 0 Å². The third-order valence-corrected chi connectivity index (χ3v) is 5.06. The standard InChI is InChI=1S/C22H19ClN2O/c1-14-10-19(26)12-21-22(14)24-15(2)25(21)13-18-9-8-17(11-20(18)23)16-6-4-3-5-7-16/h3-12,26H,13H2,1-2H3. The topological polar surface area (TPSA) is 38.1 Å². The summed E-state index contributed by atoms with van der Waals surface area (Å²) >= 11 is 6.58. The Labute approximate surface area is 157 Å². The lowest BCUT2D eigenvalue weighted by atomic mass is 10.0. The van der Waals surface area contributed by atoms with E-state index in [9.17, 15) is 5.11 Å². The van der Waals surface area contributed by atoms with E-state index < -0.39 is 0 Å². The fourth-order valence-corrected chi connectivity index (χ4v) is 3.59. The largest absolute Gasteiger partial charge is 0.508 e. The lowest BCUT2D eigenvalue weighted by Gasteiger charge is -2.11. The van der Waals surface area contributed by atoms with E-state index in [2.05, 4.69) is 33.8 Å². The lowest BCUT2D eigenvalue weighted by Crippen LogP contribution is -2.02. The maximum atomic E-state index is 9.96. The zero-order valence-electron chi connectivity index (χ0n) is 14.7. The third kappa shape index (κ3) is 2.95. The first-order chi connectivity index (χ1) is 12.5. The number of fused-ring (bicyclic) bond motifs is 1. The molecular weight excluding hydrogens is 344 g/mol. The summed E-state index contributed by atoms with van der Waals surface area (Å²) in [6, 6.07) is 19.8. The summed E-state index contributed by atoms with van der Waals surface area (Å²) in [6.45, 7) is 4.54. The highest BCUT2D eigenvalue weighted by molar-refractivity contribution is 6.31. The number of rotatable bonds is 3. The average Bonchev–Trinajstić information content (AvgIpc) is 2.94. The van der Waals surface area contributed by atoms with E-state index >= 15 is 0 Å². The Bertz CT molecular complexity index is 1100. The van der Waals surface area contributed by atoms with Crippen molar-refractivity contribution in [1.29, 1.82) is 0 Å². The van der Waals surface area contributed by atoms with E-state index in [0.29, 0.717) is 6.54 Å². The number of aromatic hydroxyl groups is 1. The van der Waals surface area contributed by atoms with Gasteiger partial charge in [0, 0.05) is 11.1 Å². The number of benzene rings is 3. The Morgan fingerprint density at radius 3 is 2.46 bits per heavy atom. The van der Waals surface area contributed by atoms with Crippen molar-refractivity contribution in [2.24, 2.45) is 0 Å². The quantitative estimate of drug-likeness (QED) is 0.505. The van der Waals surface area contributed by atoms with Crippen LogP contribution in [0.3, 0.4) is 0 Å². The van der Waals surface area contributed by atoms with Crippen LogP contribution in [-0.4, -0.2) is 14.7 Å². The van der Waals surface area contributed by atoms with E-state index in [4.69, 9.17) is 11.6 Å². The van der Waals surface area contributed by atoms with E-state index in [1.54, 1.807) is 12.1 Å². The molecule has 0 amide bonds. The highest BCUT2D eigenvalue weighted by atomic mass is 35.5. The summed E-state index contributed by atoms with van der Waals surface area (Å²) in [5.74, 6) is 1.15. The van der Waals surface area contributed by atoms with Crippen LogP contribution in [0, 0.1) is 13.8 Å². The van der Waals surface area contributed by atoms with Crippen LogP contribution in [0.1, 0.15) is 17.0 Å². The molecule has 130 valence electrons. The van der Waals surface area contributed by atoms with Gasteiger partial charge in [0.2, 0.25) is 0 Å². The Hall–Kier alpha value is -2.78. The minimum Gasteiger partial charge on any atom is -0.508 e. The van der Waals surface area contributed by atoms with Gasteiger partial charge in [-0.25, -0.2) is 4.98 Å². The van der Waals surface area contributed by atoms with E-state index in [-0.39, 0.29) is 5.75 Å². The van der Waals surface area contributed by atoms with Crippen molar-refractivity contribution in [3.8, 4) is 16.9 Å².